The summed E-state index contributed by atoms with van der Waals surface area (Å²) in [7, 11) is -4.64. The highest BCUT2D eigenvalue weighted by molar-refractivity contribution is 7.89. The van der Waals surface area contributed by atoms with Crippen molar-refractivity contribution in [2.75, 3.05) is 13.3 Å². The molecule has 4 rings (SSSR count). The van der Waals surface area contributed by atoms with Crippen LogP contribution in [0.25, 0.3) is 10.9 Å². The number of hydrogen-bond acceptors (Lipinski definition) is 6. The summed E-state index contributed by atoms with van der Waals surface area (Å²) in [6.07, 6.45) is 2.86. The molecular formula is C31H40FN3O5SSi. The van der Waals surface area contributed by atoms with E-state index in [1.807, 2.05) is 6.07 Å². The maximum Gasteiger partial charge on any atom is 0.258 e. The van der Waals surface area contributed by atoms with E-state index in [1.54, 1.807) is 30.3 Å². The molecule has 8 nitrogen and oxygen atoms in total. The van der Waals surface area contributed by atoms with Gasteiger partial charge in [-0.15, -0.1) is 0 Å². The van der Waals surface area contributed by atoms with Crippen LogP contribution in [0.2, 0.25) is 16.6 Å². The number of benzene rings is 2. The predicted molar refractivity (Wildman–Crippen MR) is 165 cm³/mol. The summed E-state index contributed by atoms with van der Waals surface area (Å²) in [5.41, 5.74) is 4.46. The van der Waals surface area contributed by atoms with Crippen LogP contribution in [0.15, 0.2) is 36.5 Å². The molecule has 0 unspecified atom stereocenters. The Kier molecular flexibility index (Phi) is 8.85. The van der Waals surface area contributed by atoms with E-state index >= 15 is 0 Å². The highest BCUT2D eigenvalue weighted by Crippen LogP contribution is 2.48. The molecule has 2 aromatic carbocycles. The fourth-order valence-electron chi connectivity index (χ4n) is 6.56. The normalized spacial score (nSPS) is 13.9. The fourth-order valence-corrected chi connectivity index (χ4v) is 12.3. The number of pyridine rings is 1. The summed E-state index contributed by atoms with van der Waals surface area (Å²) < 4.78 is 46.5. The summed E-state index contributed by atoms with van der Waals surface area (Å²) in [5.74, 6) is -0.801. The van der Waals surface area contributed by atoms with Crippen LogP contribution >= 0.6 is 0 Å². The minimum Gasteiger partial charge on any atom is -0.541 e. The van der Waals surface area contributed by atoms with Gasteiger partial charge in [0, 0.05) is 25.2 Å². The Hall–Kier alpha value is -3.31. The number of carbonyl (C=O) groups is 2. The number of halogens is 1. The number of aromatic nitrogens is 1. The fraction of sp³-hybridized carbons (Fsp3) is 0.452. The average molecular weight is 614 g/mol. The van der Waals surface area contributed by atoms with Crippen molar-refractivity contribution in [3.8, 4) is 5.75 Å². The van der Waals surface area contributed by atoms with E-state index in [9.17, 15) is 22.4 Å². The molecule has 42 heavy (non-hydrogen) atoms. The zero-order valence-corrected chi connectivity index (χ0v) is 27.4. The molecule has 1 aliphatic heterocycles. The van der Waals surface area contributed by atoms with E-state index in [0.717, 1.165) is 17.4 Å². The lowest BCUT2D eigenvalue weighted by atomic mass is 9.93. The second-order valence-electron chi connectivity index (χ2n) is 12.3. The average Bonchev–Trinajstić information content (AvgIpc) is 3.17. The number of hydrogen-bond donors (Lipinski definition) is 1. The molecule has 0 saturated carbocycles. The minimum atomic E-state index is -3.79. The SMILES string of the molecule is CC(C)[Si](Oc1c2c(c(CC(=O)NS(C)(=O)=O)c3cc(Cc4ccc(F)cc4)cnc13)CN(C)C2=O)(C(C)C)C(C)C. The zero-order chi connectivity index (χ0) is 31.1. The van der Waals surface area contributed by atoms with E-state index in [2.05, 4.69) is 46.3 Å². The van der Waals surface area contributed by atoms with E-state index in [-0.39, 0.29) is 41.3 Å². The molecule has 0 saturated heterocycles. The van der Waals surface area contributed by atoms with Crippen molar-refractivity contribution < 1.29 is 26.8 Å². The van der Waals surface area contributed by atoms with Gasteiger partial charge in [-0.25, -0.2) is 12.8 Å². The Balaban J connectivity index is 2.01. The third-order valence-corrected chi connectivity index (χ3v) is 14.8. The van der Waals surface area contributed by atoms with Gasteiger partial charge >= 0.3 is 0 Å². The minimum absolute atomic E-state index is 0.219. The van der Waals surface area contributed by atoms with Crippen molar-refractivity contribution in [3.63, 3.8) is 0 Å². The molecule has 0 atom stereocenters. The summed E-state index contributed by atoms with van der Waals surface area (Å²) >= 11 is 0. The first-order valence-corrected chi connectivity index (χ1v) is 18.2. The Bertz CT molecular complexity index is 1620. The number of amides is 2. The summed E-state index contributed by atoms with van der Waals surface area (Å²) in [6, 6.07) is 8.14. The lowest BCUT2D eigenvalue weighted by Gasteiger charge is -2.42. The maximum atomic E-state index is 13.7. The molecule has 0 fully saturated rings. The van der Waals surface area contributed by atoms with Crippen molar-refractivity contribution in [3.05, 3.63) is 70.2 Å². The molecule has 1 N–H and O–H groups in total. The predicted octanol–water partition coefficient (Wildman–Crippen LogP) is 5.72. The first-order chi connectivity index (χ1) is 19.5. The quantitative estimate of drug-likeness (QED) is 0.293. The highest BCUT2D eigenvalue weighted by atomic mass is 32.2. The van der Waals surface area contributed by atoms with E-state index in [0.29, 0.717) is 39.8 Å². The molecule has 0 spiro atoms. The molecular weight excluding hydrogens is 574 g/mol. The van der Waals surface area contributed by atoms with Gasteiger partial charge in [-0.1, -0.05) is 53.7 Å². The van der Waals surface area contributed by atoms with Gasteiger partial charge in [0.1, 0.15) is 17.1 Å². The number of carbonyl (C=O) groups excluding carboxylic acids is 2. The molecule has 3 aromatic rings. The first-order valence-electron chi connectivity index (χ1n) is 14.2. The second-order valence-corrected chi connectivity index (χ2v) is 19.4. The Morgan fingerprint density at radius 1 is 1.07 bits per heavy atom. The van der Waals surface area contributed by atoms with Crippen molar-refractivity contribution in [1.82, 2.24) is 14.6 Å². The molecule has 1 aromatic heterocycles. The highest BCUT2D eigenvalue weighted by Gasteiger charge is 2.49. The number of nitrogens with zero attached hydrogens (tertiary/aromatic N) is 2. The van der Waals surface area contributed by atoms with Gasteiger partial charge in [-0.2, -0.15) is 0 Å². The largest absolute Gasteiger partial charge is 0.541 e. The van der Waals surface area contributed by atoms with Gasteiger partial charge in [0.05, 0.1) is 18.2 Å². The molecule has 226 valence electrons. The molecule has 2 heterocycles. The zero-order valence-electron chi connectivity index (χ0n) is 25.5. The van der Waals surface area contributed by atoms with E-state index in [1.165, 1.54) is 12.1 Å². The van der Waals surface area contributed by atoms with Crippen LogP contribution in [0.5, 0.6) is 5.75 Å². The summed E-state index contributed by atoms with van der Waals surface area (Å²) in [4.78, 5) is 33.0. The van der Waals surface area contributed by atoms with Gasteiger partial charge in [0.15, 0.2) is 0 Å². The standard InChI is InChI=1S/C31H40FN3O5SSi/c1-18(2)42(19(3)4,20(5)6)40-30-28-26(17-35(7)31(28)37)24(15-27(36)34-41(8,38)39)25-14-22(16-33-29(25)30)13-21-9-11-23(32)12-10-21/h9-12,14,16,18-20H,13,15,17H2,1-8H3,(H,34,36). The molecule has 0 bridgehead atoms. The van der Waals surface area contributed by atoms with Crippen LogP contribution in [-0.4, -0.2) is 51.7 Å². The van der Waals surface area contributed by atoms with Crippen LogP contribution in [-0.2, 0) is 34.2 Å². The topological polar surface area (TPSA) is 106 Å². The van der Waals surface area contributed by atoms with Gasteiger partial charge in [0.2, 0.25) is 15.9 Å². The van der Waals surface area contributed by atoms with Crippen molar-refractivity contribution in [2.24, 2.45) is 0 Å². The van der Waals surface area contributed by atoms with Crippen molar-refractivity contribution in [1.29, 1.82) is 0 Å². The third-order valence-electron chi connectivity index (χ3n) is 8.28. The first kappa shape index (κ1) is 31.6. The van der Waals surface area contributed by atoms with E-state index in [4.69, 9.17) is 9.41 Å². The number of rotatable bonds is 10. The van der Waals surface area contributed by atoms with E-state index < -0.39 is 24.2 Å². The van der Waals surface area contributed by atoms with Crippen molar-refractivity contribution >= 4 is 41.1 Å². The van der Waals surface area contributed by atoms with Crippen LogP contribution in [0, 0.1) is 5.82 Å². The lowest BCUT2D eigenvalue weighted by Crippen LogP contribution is -2.51. The van der Waals surface area contributed by atoms with Gasteiger partial charge in [0.25, 0.3) is 14.2 Å². The Morgan fingerprint density at radius 2 is 1.67 bits per heavy atom. The molecule has 11 heteroatoms. The van der Waals surface area contributed by atoms with Gasteiger partial charge in [-0.05, 0) is 63.5 Å². The number of nitrogens with one attached hydrogen (secondary N) is 1. The second kappa shape index (κ2) is 11.8. The van der Waals surface area contributed by atoms with Crippen molar-refractivity contribution in [2.45, 2.75) is 77.6 Å². The maximum absolute atomic E-state index is 13.7. The van der Waals surface area contributed by atoms with Crippen LogP contribution < -0.4 is 9.15 Å². The van der Waals surface area contributed by atoms with Crippen LogP contribution in [0.3, 0.4) is 0 Å². The van der Waals surface area contributed by atoms with Crippen LogP contribution in [0.1, 0.15) is 74.2 Å². The van der Waals surface area contributed by atoms with Gasteiger partial charge in [-0.3, -0.25) is 19.3 Å². The Labute approximate surface area is 248 Å². The lowest BCUT2D eigenvalue weighted by molar-refractivity contribution is -0.118. The molecule has 2 amide bonds. The number of sulfonamides is 1. The summed E-state index contributed by atoms with van der Waals surface area (Å²) in [6.45, 7) is 13.3. The molecule has 0 aliphatic carbocycles. The monoisotopic (exact) mass is 613 g/mol. The molecule has 1 aliphatic rings. The third kappa shape index (κ3) is 6.08. The Morgan fingerprint density at radius 3 is 2.21 bits per heavy atom. The van der Waals surface area contributed by atoms with Crippen LogP contribution in [0.4, 0.5) is 4.39 Å². The van der Waals surface area contributed by atoms with Gasteiger partial charge < -0.3 is 9.33 Å². The number of fused-ring (bicyclic) bond motifs is 2. The molecule has 0 radical (unpaired) electrons. The smallest absolute Gasteiger partial charge is 0.258 e. The summed E-state index contributed by atoms with van der Waals surface area (Å²) in [5, 5.41) is 0.634.